The molecule has 0 heterocycles. The van der Waals surface area contributed by atoms with Gasteiger partial charge in [-0.25, -0.2) is 4.79 Å². The van der Waals surface area contributed by atoms with Gasteiger partial charge in [0, 0.05) is 12.2 Å². The van der Waals surface area contributed by atoms with Gasteiger partial charge in [0.2, 0.25) is 0 Å². The highest BCUT2D eigenvalue weighted by Gasteiger charge is 2.33. The van der Waals surface area contributed by atoms with E-state index in [4.69, 9.17) is 11.3 Å². The Morgan fingerprint density at radius 1 is 1.41 bits per heavy atom. The number of hydrogen-bond donors (Lipinski definition) is 0. The Morgan fingerprint density at radius 2 is 2.06 bits per heavy atom. The number of ether oxygens (including phenoxy) is 1. The first-order valence-electron chi connectivity index (χ1n) is 6.74. The molecule has 0 bridgehead atoms. The largest absolute Gasteiger partial charge is 0.459 e. The van der Waals surface area contributed by atoms with E-state index in [1.165, 1.54) is 6.42 Å². The van der Waals surface area contributed by atoms with Crippen molar-refractivity contribution >= 4 is 5.97 Å². The highest BCUT2D eigenvalue weighted by molar-refractivity contribution is 5.87. The van der Waals surface area contributed by atoms with Crippen LogP contribution in [0.4, 0.5) is 0 Å². The van der Waals surface area contributed by atoms with Crippen LogP contribution in [0.15, 0.2) is 5.57 Å². The van der Waals surface area contributed by atoms with Gasteiger partial charge in [-0.1, -0.05) is 34.1 Å². The summed E-state index contributed by atoms with van der Waals surface area (Å²) in [6.07, 6.45) is 3.77. The molecule has 0 aromatic rings. The maximum atomic E-state index is 11.7. The molecule has 0 aromatic heterocycles. The van der Waals surface area contributed by atoms with Gasteiger partial charge in [-0.3, -0.25) is 0 Å². The lowest BCUT2D eigenvalue weighted by molar-refractivity contribution is -0.151. The Kier molecular flexibility index (Phi) is 5.23. The summed E-state index contributed by atoms with van der Waals surface area (Å²) in [5.74, 6) is 1.20. The molecule has 0 spiro atoms. The Labute approximate surface area is 105 Å². The maximum absolute atomic E-state index is 11.7. The summed E-state index contributed by atoms with van der Waals surface area (Å²) in [4.78, 5) is 11.7. The van der Waals surface area contributed by atoms with Crippen molar-refractivity contribution in [3.05, 3.63) is 12.2 Å². The molecule has 1 fully saturated rings. The molecule has 0 aromatic carbocycles. The smallest absolute Gasteiger partial charge is 0.334 e. The van der Waals surface area contributed by atoms with Gasteiger partial charge in [0.25, 0.3) is 0 Å². The van der Waals surface area contributed by atoms with Crippen LogP contribution in [0.3, 0.4) is 0 Å². The van der Waals surface area contributed by atoms with Crippen molar-refractivity contribution in [3.63, 3.8) is 0 Å². The number of rotatable bonds is 4. The lowest BCUT2D eigenvalue weighted by Crippen LogP contribution is -2.36. The fourth-order valence-corrected chi connectivity index (χ4v) is 2.60. The van der Waals surface area contributed by atoms with E-state index in [9.17, 15) is 4.79 Å². The summed E-state index contributed by atoms with van der Waals surface area (Å²) in [7, 11) is 0. The number of esters is 1. The van der Waals surface area contributed by atoms with Crippen LogP contribution in [0, 0.1) is 24.3 Å². The number of carbonyl (C=O) groups is 1. The lowest BCUT2D eigenvalue weighted by Gasteiger charge is -2.36. The molecule has 1 aliphatic carbocycles. The van der Waals surface area contributed by atoms with E-state index in [1.54, 1.807) is 0 Å². The van der Waals surface area contributed by atoms with Gasteiger partial charge < -0.3 is 4.74 Å². The van der Waals surface area contributed by atoms with E-state index in [-0.39, 0.29) is 11.7 Å². The molecule has 3 atom stereocenters. The van der Waals surface area contributed by atoms with Crippen LogP contribution in [0.2, 0.25) is 0 Å². The normalized spacial score (nSPS) is 29.1. The van der Waals surface area contributed by atoms with Crippen molar-refractivity contribution in [3.8, 4) is 0 Å². The van der Waals surface area contributed by atoms with Gasteiger partial charge >= 0.3 is 5.97 Å². The van der Waals surface area contributed by atoms with Gasteiger partial charge in [-0.2, -0.15) is 0 Å². The van der Waals surface area contributed by atoms with Crippen LogP contribution in [0.1, 0.15) is 53.4 Å². The summed E-state index contributed by atoms with van der Waals surface area (Å²) >= 11 is 0. The summed E-state index contributed by atoms with van der Waals surface area (Å²) in [5.41, 5.74) is 0.0886. The van der Waals surface area contributed by atoms with Crippen molar-refractivity contribution in [1.82, 2.24) is 0 Å². The minimum atomic E-state index is -0.419. The predicted molar refractivity (Wildman–Crippen MR) is 68.3 cm³/mol. The first-order valence-corrected chi connectivity index (χ1v) is 6.74. The third-order valence-electron chi connectivity index (χ3n) is 3.82. The molecule has 1 aliphatic rings. The minimum absolute atomic E-state index is 0.0122. The summed E-state index contributed by atoms with van der Waals surface area (Å²) in [5, 5.41) is 0. The Morgan fingerprint density at radius 3 is 2.59 bits per heavy atom. The van der Waals surface area contributed by atoms with Crippen LogP contribution in [0.25, 0.3) is 0 Å². The van der Waals surface area contributed by atoms with Crippen LogP contribution in [0.5, 0.6) is 0 Å². The molecule has 0 aliphatic heterocycles. The molecule has 1 saturated carbocycles. The molecule has 2 nitrogen and oxygen atoms in total. The second-order valence-electron chi connectivity index (χ2n) is 5.60. The zero-order valence-corrected chi connectivity index (χ0v) is 11.5. The van der Waals surface area contributed by atoms with Gasteiger partial charge in [0.05, 0.1) is 0 Å². The molecule has 0 N–H and O–H groups in total. The molecule has 2 radical (unpaired) electrons. The molecule has 0 saturated heterocycles. The molecular formula is C15H24O2. The highest BCUT2D eigenvalue weighted by Crippen LogP contribution is 2.35. The minimum Gasteiger partial charge on any atom is -0.459 e. The second-order valence-corrected chi connectivity index (χ2v) is 5.60. The Balaban J connectivity index is 2.63. The van der Waals surface area contributed by atoms with Crippen molar-refractivity contribution in [2.24, 2.45) is 17.8 Å². The second kappa shape index (κ2) is 6.23. The monoisotopic (exact) mass is 236 g/mol. The van der Waals surface area contributed by atoms with E-state index in [0.29, 0.717) is 24.2 Å². The lowest BCUT2D eigenvalue weighted by atomic mass is 9.75. The Bertz CT molecular complexity index is 281. The van der Waals surface area contributed by atoms with Gasteiger partial charge in [0.1, 0.15) is 6.10 Å². The SMILES string of the molecule is [C]=C(CC)C(=O)O[C@@H]1C[C@H](C)CC[C@H]1C(C)C. The fraction of sp³-hybridized carbons (Fsp3) is 0.800. The average molecular weight is 236 g/mol. The molecular weight excluding hydrogens is 212 g/mol. The summed E-state index contributed by atoms with van der Waals surface area (Å²) in [6, 6.07) is 0. The van der Waals surface area contributed by atoms with Crippen molar-refractivity contribution in [2.45, 2.75) is 59.5 Å². The molecule has 1 rings (SSSR count). The summed E-state index contributed by atoms with van der Waals surface area (Å²) < 4.78 is 5.52. The first kappa shape index (κ1) is 14.3. The number of hydrogen-bond acceptors (Lipinski definition) is 2. The number of carbonyl (C=O) groups excluding carboxylic acids is 1. The standard InChI is InChI=1S/C15H24O2/c1-6-12(5)15(16)17-14-9-11(4)7-8-13(14)10(2)3/h10-11,13-14H,6-9H2,1-4H3/t11-,13+,14-/m1/s1. The maximum Gasteiger partial charge on any atom is 0.334 e. The third-order valence-corrected chi connectivity index (χ3v) is 3.82. The third kappa shape index (κ3) is 3.86. The first-order chi connectivity index (χ1) is 7.95. The summed E-state index contributed by atoms with van der Waals surface area (Å²) in [6.45, 7) is 15.9. The van der Waals surface area contributed by atoms with Gasteiger partial charge in [0.15, 0.2) is 0 Å². The van der Waals surface area contributed by atoms with E-state index in [1.807, 2.05) is 6.92 Å². The van der Waals surface area contributed by atoms with Crippen molar-refractivity contribution < 1.29 is 9.53 Å². The molecule has 96 valence electrons. The molecule has 2 heteroatoms. The zero-order chi connectivity index (χ0) is 13.0. The predicted octanol–water partition coefficient (Wildman–Crippen LogP) is 3.64. The van der Waals surface area contributed by atoms with Crippen molar-refractivity contribution in [2.75, 3.05) is 0 Å². The van der Waals surface area contributed by atoms with E-state index < -0.39 is 5.97 Å². The molecule has 17 heavy (non-hydrogen) atoms. The van der Waals surface area contributed by atoms with E-state index in [2.05, 4.69) is 20.8 Å². The van der Waals surface area contributed by atoms with E-state index >= 15 is 0 Å². The fourth-order valence-electron chi connectivity index (χ4n) is 2.60. The van der Waals surface area contributed by atoms with E-state index in [0.717, 1.165) is 12.8 Å². The topological polar surface area (TPSA) is 26.3 Å². The van der Waals surface area contributed by atoms with Crippen LogP contribution < -0.4 is 0 Å². The van der Waals surface area contributed by atoms with Gasteiger partial charge in [-0.05, 0) is 37.0 Å². The quantitative estimate of drug-likeness (QED) is 0.550. The van der Waals surface area contributed by atoms with Crippen LogP contribution >= 0.6 is 0 Å². The highest BCUT2D eigenvalue weighted by atomic mass is 16.5. The average Bonchev–Trinajstić information content (AvgIpc) is 2.27. The van der Waals surface area contributed by atoms with Crippen molar-refractivity contribution in [1.29, 1.82) is 0 Å². The molecule has 0 amide bonds. The van der Waals surface area contributed by atoms with Crippen LogP contribution in [-0.4, -0.2) is 12.1 Å². The van der Waals surface area contributed by atoms with Gasteiger partial charge in [-0.15, -0.1) is 0 Å². The van der Waals surface area contributed by atoms with Crippen LogP contribution in [-0.2, 0) is 9.53 Å². The Hall–Kier alpha value is -0.790. The molecule has 0 unspecified atom stereocenters. The zero-order valence-electron chi connectivity index (χ0n) is 11.5.